The van der Waals surface area contributed by atoms with Gasteiger partial charge in [-0.15, -0.1) is 0 Å². The van der Waals surface area contributed by atoms with E-state index in [9.17, 15) is 4.79 Å². The molecule has 0 atom stereocenters. The lowest BCUT2D eigenvalue weighted by Gasteiger charge is -2.29. The lowest BCUT2D eigenvalue weighted by Crippen LogP contribution is -2.44. The number of ether oxygens (including phenoxy) is 1. The second kappa shape index (κ2) is 4.40. The number of nitrogens with zero attached hydrogens (tertiary/aromatic N) is 2. The molecule has 0 aliphatic carbocycles. The molecule has 2 aromatic rings. The summed E-state index contributed by atoms with van der Waals surface area (Å²) in [5.41, 5.74) is 1.67. The minimum atomic E-state index is -0.0693. The van der Waals surface area contributed by atoms with Crippen LogP contribution in [-0.4, -0.2) is 29.9 Å². The molecule has 96 valence electrons. The van der Waals surface area contributed by atoms with Crippen LogP contribution in [0.2, 0.25) is 0 Å². The lowest BCUT2D eigenvalue weighted by atomic mass is 10.2. The van der Waals surface area contributed by atoms with Crippen molar-refractivity contribution in [2.45, 2.75) is 19.3 Å². The molecule has 1 N–H and O–H groups in total. The maximum atomic E-state index is 12.1. The molecule has 1 aliphatic heterocycles. The summed E-state index contributed by atoms with van der Waals surface area (Å²) >= 11 is 0. The summed E-state index contributed by atoms with van der Waals surface area (Å²) in [7, 11) is 1.63. The zero-order valence-corrected chi connectivity index (χ0v) is 10.5. The van der Waals surface area contributed by atoms with E-state index < -0.39 is 0 Å². The van der Waals surface area contributed by atoms with Crippen LogP contribution in [0.3, 0.4) is 0 Å². The van der Waals surface area contributed by atoms with Crippen LogP contribution in [0, 0.1) is 0 Å². The maximum absolute atomic E-state index is 12.1. The van der Waals surface area contributed by atoms with E-state index >= 15 is 0 Å². The summed E-state index contributed by atoms with van der Waals surface area (Å²) in [6.07, 6.45) is 3.55. The molecule has 1 aliphatic rings. The zero-order chi connectivity index (χ0) is 12.5. The normalized spacial score (nSPS) is 16.2. The number of methoxy groups -OCH3 is 1. The van der Waals surface area contributed by atoms with Crippen molar-refractivity contribution in [2.24, 2.45) is 0 Å². The van der Waals surface area contributed by atoms with Gasteiger partial charge in [0.1, 0.15) is 5.75 Å². The molecule has 5 nitrogen and oxygen atoms in total. The van der Waals surface area contributed by atoms with Gasteiger partial charge in [0.2, 0.25) is 0 Å². The second-order valence-electron chi connectivity index (χ2n) is 4.64. The average molecular weight is 247 g/mol. The van der Waals surface area contributed by atoms with Gasteiger partial charge in [-0.05, 0) is 31.4 Å². The molecule has 1 fully saturated rings. The van der Waals surface area contributed by atoms with Gasteiger partial charge in [0.15, 0.2) is 0 Å². The predicted molar refractivity (Wildman–Crippen MR) is 70.9 cm³/mol. The Labute approximate surface area is 105 Å². The summed E-state index contributed by atoms with van der Waals surface area (Å²) in [5, 5.41) is 2.12. The molecular formula is C13H17N3O2. The first kappa shape index (κ1) is 11.2. The molecule has 5 heteroatoms. The van der Waals surface area contributed by atoms with Crippen molar-refractivity contribution >= 4 is 11.0 Å². The lowest BCUT2D eigenvalue weighted by molar-refractivity contribution is 0.415. The standard InChI is InChI=1S/C13H17N3O2/c1-18-10-5-6-12-11(9-10)14-13(17)16(12)15-7-3-2-4-8-15/h5-6,9H,2-4,7-8H2,1H3,(H,14,17). The van der Waals surface area contributed by atoms with Crippen molar-refractivity contribution in [3.8, 4) is 5.75 Å². The fourth-order valence-corrected chi connectivity index (χ4v) is 2.56. The maximum Gasteiger partial charge on any atom is 0.345 e. The highest BCUT2D eigenvalue weighted by Gasteiger charge is 2.16. The number of H-pyrrole nitrogens is 1. The van der Waals surface area contributed by atoms with Gasteiger partial charge in [0, 0.05) is 19.2 Å². The number of hydrogen-bond donors (Lipinski definition) is 1. The van der Waals surface area contributed by atoms with E-state index in [0.29, 0.717) is 0 Å². The summed E-state index contributed by atoms with van der Waals surface area (Å²) in [6.45, 7) is 1.89. The van der Waals surface area contributed by atoms with Crippen molar-refractivity contribution in [3.63, 3.8) is 0 Å². The second-order valence-corrected chi connectivity index (χ2v) is 4.64. The Hall–Kier alpha value is -1.91. The third-order valence-electron chi connectivity index (χ3n) is 3.48. The van der Waals surface area contributed by atoms with E-state index in [0.717, 1.165) is 42.7 Å². The number of aromatic nitrogens is 2. The molecule has 0 radical (unpaired) electrons. The summed E-state index contributed by atoms with van der Waals surface area (Å²) in [4.78, 5) is 14.9. The van der Waals surface area contributed by atoms with Crippen LogP contribution >= 0.6 is 0 Å². The SMILES string of the molecule is COc1ccc2c(c1)[nH]c(=O)n2N1CCCCC1. The molecule has 0 bridgehead atoms. The average Bonchev–Trinajstić information content (AvgIpc) is 2.74. The van der Waals surface area contributed by atoms with Crippen LogP contribution in [0.4, 0.5) is 0 Å². The van der Waals surface area contributed by atoms with Crippen LogP contribution in [0.5, 0.6) is 5.75 Å². The Bertz CT molecular complexity index is 608. The van der Waals surface area contributed by atoms with Crippen molar-refractivity contribution in [1.82, 2.24) is 9.66 Å². The Balaban J connectivity index is 2.10. The molecular weight excluding hydrogens is 230 g/mol. The van der Waals surface area contributed by atoms with E-state index in [1.165, 1.54) is 6.42 Å². The summed E-state index contributed by atoms with van der Waals surface area (Å²) in [6, 6.07) is 5.67. The topological polar surface area (TPSA) is 50.3 Å². The first-order valence-corrected chi connectivity index (χ1v) is 6.33. The van der Waals surface area contributed by atoms with Gasteiger partial charge < -0.3 is 14.7 Å². The third-order valence-corrected chi connectivity index (χ3v) is 3.48. The molecule has 0 amide bonds. The minimum absolute atomic E-state index is 0.0693. The van der Waals surface area contributed by atoms with E-state index in [4.69, 9.17) is 4.74 Å². The highest BCUT2D eigenvalue weighted by atomic mass is 16.5. The van der Waals surface area contributed by atoms with E-state index in [1.54, 1.807) is 11.8 Å². The van der Waals surface area contributed by atoms with Gasteiger partial charge in [-0.1, -0.05) is 0 Å². The minimum Gasteiger partial charge on any atom is -0.497 e. The van der Waals surface area contributed by atoms with Crippen LogP contribution in [-0.2, 0) is 0 Å². The molecule has 2 heterocycles. The number of hydrogen-bond acceptors (Lipinski definition) is 3. The molecule has 3 rings (SSSR count). The van der Waals surface area contributed by atoms with Crippen molar-refractivity contribution in [2.75, 3.05) is 25.2 Å². The zero-order valence-electron chi connectivity index (χ0n) is 10.5. The Morgan fingerprint density at radius 3 is 2.72 bits per heavy atom. The van der Waals surface area contributed by atoms with Crippen LogP contribution in [0.25, 0.3) is 11.0 Å². The smallest absolute Gasteiger partial charge is 0.345 e. The van der Waals surface area contributed by atoms with Gasteiger partial charge in [0.25, 0.3) is 0 Å². The number of aromatic amines is 1. The van der Waals surface area contributed by atoms with Crippen molar-refractivity contribution < 1.29 is 4.74 Å². The quantitative estimate of drug-likeness (QED) is 0.874. The molecule has 0 unspecified atom stereocenters. The van der Waals surface area contributed by atoms with E-state index in [-0.39, 0.29) is 5.69 Å². The van der Waals surface area contributed by atoms with Crippen molar-refractivity contribution in [1.29, 1.82) is 0 Å². The summed E-state index contributed by atoms with van der Waals surface area (Å²) < 4.78 is 6.93. The van der Waals surface area contributed by atoms with Gasteiger partial charge in [-0.25, -0.2) is 9.47 Å². The first-order chi connectivity index (χ1) is 8.79. The van der Waals surface area contributed by atoms with Crippen LogP contribution in [0.1, 0.15) is 19.3 Å². The molecule has 0 spiro atoms. The number of imidazole rings is 1. The third kappa shape index (κ3) is 1.75. The number of piperidine rings is 1. The van der Waals surface area contributed by atoms with Gasteiger partial charge in [0.05, 0.1) is 18.1 Å². The fraction of sp³-hybridized carbons (Fsp3) is 0.462. The van der Waals surface area contributed by atoms with Crippen LogP contribution in [0.15, 0.2) is 23.0 Å². The molecule has 18 heavy (non-hydrogen) atoms. The van der Waals surface area contributed by atoms with E-state index in [1.807, 2.05) is 18.2 Å². The van der Waals surface area contributed by atoms with Gasteiger partial charge in [-0.3, -0.25) is 0 Å². The highest BCUT2D eigenvalue weighted by Crippen LogP contribution is 2.19. The monoisotopic (exact) mass is 247 g/mol. The largest absolute Gasteiger partial charge is 0.497 e. The van der Waals surface area contributed by atoms with E-state index in [2.05, 4.69) is 9.99 Å². The van der Waals surface area contributed by atoms with Gasteiger partial charge in [-0.2, -0.15) is 0 Å². The molecule has 1 saturated heterocycles. The number of fused-ring (bicyclic) bond motifs is 1. The number of nitrogens with one attached hydrogen (secondary N) is 1. The van der Waals surface area contributed by atoms with Crippen molar-refractivity contribution in [3.05, 3.63) is 28.7 Å². The molecule has 0 saturated carbocycles. The highest BCUT2D eigenvalue weighted by molar-refractivity contribution is 5.77. The van der Waals surface area contributed by atoms with Gasteiger partial charge >= 0.3 is 5.69 Å². The number of benzene rings is 1. The molecule has 1 aromatic carbocycles. The Kier molecular flexibility index (Phi) is 2.74. The Morgan fingerprint density at radius 1 is 1.22 bits per heavy atom. The fourth-order valence-electron chi connectivity index (χ4n) is 2.56. The number of rotatable bonds is 2. The first-order valence-electron chi connectivity index (χ1n) is 6.33. The molecule has 1 aromatic heterocycles. The Morgan fingerprint density at radius 2 is 2.00 bits per heavy atom. The van der Waals surface area contributed by atoms with Crippen LogP contribution < -0.4 is 15.4 Å². The predicted octanol–water partition coefficient (Wildman–Crippen LogP) is 1.46. The summed E-state index contributed by atoms with van der Waals surface area (Å²) in [5.74, 6) is 0.759.